The number of ether oxygens (including phenoxy) is 2. The number of nitrogens with zero attached hydrogens (tertiary/aromatic N) is 2. The summed E-state index contributed by atoms with van der Waals surface area (Å²) >= 11 is 1.68. The molecule has 0 bridgehead atoms. The highest BCUT2D eigenvalue weighted by molar-refractivity contribution is 7.98. The summed E-state index contributed by atoms with van der Waals surface area (Å²) < 4.78 is 11.2. The van der Waals surface area contributed by atoms with Crippen molar-refractivity contribution < 1.29 is 9.47 Å². The first-order valence-electron chi connectivity index (χ1n) is 9.87. The Balaban J connectivity index is 1.43. The van der Waals surface area contributed by atoms with E-state index in [0.717, 1.165) is 28.2 Å². The smallest absolute Gasteiger partial charge is 0.262 e. The number of fused-ring (bicyclic) bond motifs is 2. The van der Waals surface area contributed by atoms with Gasteiger partial charge in [0.1, 0.15) is 13.2 Å². The minimum absolute atomic E-state index is 0.230. The van der Waals surface area contributed by atoms with Crippen LogP contribution in [-0.4, -0.2) is 34.4 Å². The number of aromatic amines is 1. The van der Waals surface area contributed by atoms with E-state index in [9.17, 15) is 4.79 Å². The zero-order valence-corrected chi connectivity index (χ0v) is 17.7. The van der Waals surface area contributed by atoms with Crippen molar-refractivity contribution in [1.29, 1.82) is 0 Å². The van der Waals surface area contributed by atoms with Crippen molar-refractivity contribution in [3.8, 4) is 22.6 Å². The van der Waals surface area contributed by atoms with Gasteiger partial charge in [-0.1, -0.05) is 18.2 Å². The number of aromatic nitrogens is 3. The highest BCUT2D eigenvalue weighted by atomic mass is 32.2. The second kappa shape index (κ2) is 8.31. The average molecular weight is 433 g/mol. The molecule has 0 aliphatic carbocycles. The Bertz CT molecular complexity index is 1300. The van der Waals surface area contributed by atoms with Gasteiger partial charge in [0.25, 0.3) is 5.56 Å². The second-order valence-corrected chi connectivity index (χ2v) is 7.91. The summed E-state index contributed by atoms with van der Waals surface area (Å²) in [5.41, 5.74) is 2.92. The summed E-state index contributed by atoms with van der Waals surface area (Å²) in [6, 6.07) is 15.7. The SMILES string of the molecule is CSc1ccc(-c2ccnc3nc(NCc4ccc5c(c4)OCCO5)[nH]c(=O)c23)cc1. The van der Waals surface area contributed by atoms with Gasteiger partial charge in [0, 0.05) is 17.6 Å². The third-order valence-electron chi connectivity index (χ3n) is 5.08. The molecular formula is C23H20N4O3S. The minimum atomic E-state index is -0.230. The summed E-state index contributed by atoms with van der Waals surface area (Å²) in [7, 11) is 0. The van der Waals surface area contributed by atoms with Gasteiger partial charge in [-0.05, 0) is 53.3 Å². The molecule has 0 saturated carbocycles. The van der Waals surface area contributed by atoms with Crippen LogP contribution in [0.4, 0.5) is 5.95 Å². The molecule has 0 saturated heterocycles. The molecule has 3 heterocycles. The molecule has 1 aliphatic heterocycles. The molecule has 8 heteroatoms. The first-order valence-corrected chi connectivity index (χ1v) is 11.1. The summed E-state index contributed by atoms with van der Waals surface area (Å²) in [6.45, 7) is 1.57. The number of rotatable bonds is 5. The van der Waals surface area contributed by atoms with E-state index in [1.165, 1.54) is 4.90 Å². The van der Waals surface area contributed by atoms with Crippen molar-refractivity contribution in [2.24, 2.45) is 0 Å². The van der Waals surface area contributed by atoms with E-state index in [4.69, 9.17) is 9.47 Å². The molecule has 0 unspecified atom stereocenters. The monoisotopic (exact) mass is 432 g/mol. The van der Waals surface area contributed by atoms with Crippen molar-refractivity contribution in [1.82, 2.24) is 15.0 Å². The van der Waals surface area contributed by atoms with Gasteiger partial charge in [-0.3, -0.25) is 9.78 Å². The summed E-state index contributed by atoms with van der Waals surface area (Å²) in [4.78, 5) is 25.8. The molecule has 2 aromatic heterocycles. The van der Waals surface area contributed by atoms with Crippen LogP contribution in [-0.2, 0) is 6.54 Å². The van der Waals surface area contributed by atoms with E-state index in [2.05, 4.69) is 20.3 Å². The van der Waals surface area contributed by atoms with Gasteiger partial charge in [0.2, 0.25) is 5.95 Å². The number of hydrogen-bond donors (Lipinski definition) is 2. The molecule has 1 aliphatic rings. The molecule has 0 radical (unpaired) electrons. The molecule has 0 fully saturated rings. The number of benzene rings is 2. The van der Waals surface area contributed by atoms with Crippen molar-refractivity contribution >= 4 is 28.7 Å². The second-order valence-electron chi connectivity index (χ2n) is 7.03. The molecule has 0 amide bonds. The molecule has 0 spiro atoms. The lowest BCUT2D eigenvalue weighted by atomic mass is 10.0. The van der Waals surface area contributed by atoms with E-state index in [0.29, 0.717) is 36.7 Å². The van der Waals surface area contributed by atoms with Crippen LogP contribution in [0.1, 0.15) is 5.56 Å². The molecule has 31 heavy (non-hydrogen) atoms. The van der Waals surface area contributed by atoms with Crippen LogP contribution in [0, 0.1) is 0 Å². The maximum absolute atomic E-state index is 12.9. The van der Waals surface area contributed by atoms with E-state index in [1.807, 2.05) is 54.8 Å². The maximum atomic E-state index is 12.9. The van der Waals surface area contributed by atoms with Crippen LogP contribution < -0.4 is 20.3 Å². The van der Waals surface area contributed by atoms with Gasteiger partial charge < -0.3 is 14.8 Å². The van der Waals surface area contributed by atoms with Crippen LogP contribution >= 0.6 is 11.8 Å². The van der Waals surface area contributed by atoms with Crippen LogP contribution in [0.5, 0.6) is 11.5 Å². The molecule has 7 nitrogen and oxygen atoms in total. The van der Waals surface area contributed by atoms with E-state index in [1.54, 1.807) is 18.0 Å². The molecular weight excluding hydrogens is 412 g/mol. The normalized spacial score (nSPS) is 12.7. The van der Waals surface area contributed by atoms with Gasteiger partial charge in [0.05, 0.1) is 5.39 Å². The fourth-order valence-corrected chi connectivity index (χ4v) is 3.95. The van der Waals surface area contributed by atoms with Crippen molar-refractivity contribution in [3.63, 3.8) is 0 Å². The summed E-state index contributed by atoms with van der Waals surface area (Å²) in [5, 5.41) is 3.65. The minimum Gasteiger partial charge on any atom is -0.486 e. The van der Waals surface area contributed by atoms with Gasteiger partial charge in [-0.2, -0.15) is 4.98 Å². The highest BCUT2D eigenvalue weighted by Gasteiger charge is 2.13. The lowest BCUT2D eigenvalue weighted by Gasteiger charge is -2.19. The fraction of sp³-hybridized carbons (Fsp3) is 0.174. The van der Waals surface area contributed by atoms with E-state index < -0.39 is 0 Å². The van der Waals surface area contributed by atoms with Crippen molar-refractivity contribution in [3.05, 3.63) is 70.6 Å². The topological polar surface area (TPSA) is 89.1 Å². The highest BCUT2D eigenvalue weighted by Crippen LogP contribution is 2.31. The molecule has 2 aromatic carbocycles. The Morgan fingerprint density at radius 2 is 1.87 bits per heavy atom. The van der Waals surface area contributed by atoms with Gasteiger partial charge >= 0.3 is 0 Å². The van der Waals surface area contributed by atoms with Crippen molar-refractivity contribution in [2.45, 2.75) is 11.4 Å². The lowest BCUT2D eigenvalue weighted by Crippen LogP contribution is -2.16. The first-order chi connectivity index (χ1) is 15.2. The number of hydrogen-bond acceptors (Lipinski definition) is 7. The van der Waals surface area contributed by atoms with E-state index in [-0.39, 0.29) is 5.56 Å². The lowest BCUT2D eigenvalue weighted by molar-refractivity contribution is 0.171. The van der Waals surface area contributed by atoms with Crippen LogP contribution in [0.2, 0.25) is 0 Å². The number of H-pyrrole nitrogens is 1. The Labute approximate surface area is 182 Å². The predicted octanol–water partition coefficient (Wildman–Crippen LogP) is 4.09. The Hall–Kier alpha value is -3.52. The zero-order chi connectivity index (χ0) is 21.2. The quantitative estimate of drug-likeness (QED) is 0.459. The van der Waals surface area contributed by atoms with Crippen LogP contribution in [0.3, 0.4) is 0 Å². The molecule has 156 valence electrons. The average Bonchev–Trinajstić information content (AvgIpc) is 2.82. The molecule has 0 atom stereocenters. The number of thioether (sulfide) groups is 1. The third-order valence-corrected chi connectivity index (χ3v) is 5.82. The summed E-state index contributed by atoms with van der Waals surface area (Å²) in [5.74, 6) is 1.84. The van der Waals surface area contributed by atoms with Gasteiger partial charge in [0.15, 0.2) is 17.1 Å². The Morgan fingerprint density at radius 3 is 2.68 bits per heavy atom. The maximum Gasteiger partial charge on any atom is 0.262 e. The predicted molar refractivity (Wildman–Crippen MR) is 122 cm³/mol. The molecule has 4 aromatic rings. The van der Waals surface area contributed by atoms with E-state index >= 15 is 0 Å². The molecule has 2 N–H and O–H groups in total. The number of pyridine rings is 1. The standard InChI is InChI=1S/C23H20N4O3S/c1-31-16-5-3-15(4-6-16)17-8-9-24-21-20(17)22(28)27-23(26-21)25-13-14-2-7-18-19(12-14)30-11-10-29-18/h2-9,12H,10-11,13H2,1H3,(H2,24,25,26,27,28). The fourth-order valence-electron chi connectivity index (χ4n) is 3.54. The van der Waals surface area contributed by atoms with Gasteiger partial charge in [-0.25, -0.2) is 4.98 Å². The summed E-state index contributed by atoms with van der Waals surface area (Å²) in [6.07, 6.45) is 3.71. The largest absolute Gasteiger partial charge is 0.486 e. The van der Waals surface area contributed by atoms with Crippen LogP contribution in [0.25, 0.3) is 22.2 Å². The van der Waals surface area contributed by atoms with Crippen LogP contribution in [0.15, 0.2) is 64.4 Å². The third kappa shape index (κ3) is 3.94. The Morgan fingerprint density at radius 1 is 1.06 bits per heavy atom. The Kier molecular flexibility index (Phi) is 5.21. The van der Waals surface area contributed by atoms with Gasteiger partial charge in [-0.15, -0.1) is 11.8 Å². The zero-order valence-electron chi connectivity index (χ0n) is 16.8. The number of anilines is 1. The first kappa shape index (κ1) is 19.4. The number of nitrogens with one attached hydrogen (secondary N) is 2. The van der Waals surface area contributed by atoms with Crippen molar-refractivity contribution in [2.75, 3.05) is 24.8 Å². The molecule has 5 rings (SSSR count).